The van der Waals surface area contributed by atoms with Gasteiger partial charge < -0.3 is 25.3 Å². The molecule has 2 aliphatic rings. The van der Waals surface area contributed by atoms with Crippen molar-refractivity contribution in [3.8, 4) is 5.75 Å². The molecule has 2 fully saturated rings. The third-order valence-electron chi connectivity index (χ3n) is 7.18. The van der Waals surface area contributed by atoms with Crippen LogP contribution in [0.4, 0.5) is 23.1 Å². The highest BCUT2D eigenvalue weighted by molar-refractivity contribution is 7.90. The molecule has 0 atom stereocenters. The summed E-state index contributed by atoms with van der Waals surface area (Å²) in [5, 5.41) is 6.92. The van der Waals surface area contributed by atoms with E-state index in [9.17, 15) is 8.42 Å². The Morgan fingerprint density at radius 3 is 2.61 bits per heavy atom. The van der Waals surface area contributed by atoms with Crippen LogP contribution >= 0.6 is 0 Å². The summed E-state index contributed by atoms with van der Waals surface area (Å²) in [5.41, 5.74) is 3.25. The second-order valence-electron chi connectivity index (χ2n) is 10.0. The Balaban J connectivity index is 1.31. The molecule has 0 unspecified atom stereocenters. The van der Waals surface area contributed by atoms with Gasteiger partial charge in [-0.2, -0.15) is 9.97 Å². The molecule has 10 nitrogen and oxygen atoms in total. The normalized spacial score (nSPS) is 17.9. The molecule has 1 saturated heterocycles. The first-order valence-corrected chi connectivity index (χ1v) is 14.8. The van der Waals surface area contributed by atoms with Gasteiger partial charge in [-0.25, -0.2) is 13.4 Å². The van der Waals surface area contributed by atoms with Crippen LogP contribution in [0.1, 0.15) is 44.9 Å². The highest BCUT2D eigenvalue weighted by atomic mass is 32.2. The maximum Gasteiger partial charge on any atom is 0.231 e. The van der Waals surface area contributed by atoms with Crippen molar-refractivity contribution in [3.05, 3.63) is 24.5 Å². The molecule has 0 bridgehead atoms. The Kier molecular flexibility index (Phi) is 7.17. The van der Waals surface area contributed by atoms with Gasteiger partial charge in [0.1, 0.15) is 21.1 Å². The highest BCUT2D eigenvalue weighted by Crippen LogP contribution is 2.34. The van der Waals surface area contributed by atoms with E-state index in [1.54, 1.807) is 13.4 Å². The predicted molar refractivity (Wildman–Crippen MR) is 143 cm³/mol. The van der Waals surface area contributed by atoms with Crippen LogP contribution in [0, 0.1) is 5.92 Å². The number of methoxy groups -OCH3 is 1. The maximum atomic E-state index is 11.6. The van der Waals surface area contributed by atoms with Gasteiger partial charge in [0.15, 0.2) is 11.5 Å². The first-order chi connectivity index (χ1) is 17.4. The molecule has 0 radical (unpaired) electrons. The number of rotatable bonds is 8. The molecule has 3 heterocycles. The Morgan fingerprint density at radius 2 is 1.89 bits per heavy atom. The van der Waals surface area contributed by atoms with Crippen LogP contribution in [-0.4, -0.2) is 66.6 Å². The van der Waals surface area contributed by atoms with E-state index in [1.807, 2.05) is 12.1 Å². The van der Waals surface area contributed by atoms with Gasteiger partial charge in [0.05, 0.1) is 24.9 Å². The zero-order valence-corrected chi connectivity index (χ0v) is 21.8. The van der Waals surface area contributed by atoms with Gasteiger partial charge in [-0.3, -0.25) is 0 Å². The molecule has 36 heavy (non-hydrogen) atoms. The lowest BCUT2D eigenvalue weighted by Crippen LogP contribution is -2.35. The predicted octanol–water partition coefficient (Wildman–Crippen LogP) is 4.11. The number of nitrogens with zero attached hydrogens (tertiary/aromatic N) is 4. The lowest BCUT2D eigenvalue weighted by Gasteiger charge is -2.33. The molecule has 1 aromatic carbocycles. The van der Waals surface area contributed by atoms with Crippen molar-refractivity contribution in [2.45, 2.75) is 51.0 Å². The average Bonchev–Trinajstić information content (AvgIpc) is 3.34. The van der Waals surface area contributed by atoms with Crippen molar-refractivity contribution in [1.82, 2.24) is 19.9 Å². The largest absolute Gasteiger partial charge is 0.494 e. The van der Waals surface area contributed by atoms with Gasteiger partial charge in [0.2, 0.25) is 5.95 Å². The minimum atomic E-state index is -2.94. The van der Waals surface area contributed by atoms with E-state index >= 15 is 0 Å². The second-order valence-corrected chi connectivity index (χ2v) is 12.2. The summed E-state index contributed by atoms with van der Waals surface area (Å²) >= 11 is 0. The van der Waals surface area contributed by atoms with Crippen molar-refractivity contribution in [2.24, 2.45) is 5.92 Å². The molecule has 11 heteroatoms. The number of anilines is 4. The number of hydrogen-bond acceptors (Lipinski definition) is 9. The quantitative estimate of drug-likeness (QED) is 0.408. The Morgan fingerprint density at radius 1 is 1.11 bits per heavy atom. The van der Waals surface area contributed by atoms with Gasteiger partial charge >= 0.3 is 0 Å². The molecule has 194 valence electrons. The number of H-pyrrole nitrogens is 1. The number of aromatic nitrogens is 4. The standard InChI is InChI=1S/C25H35N7O3S/c1-35-21-14-19(32-12-10-17(11-13-32)15-36(2,33)34)8-9-20(21)29-25-30-23-22(26-16-27-23)24(31-25)28-18-6-4-3-5-7-18/h8-9,14,16-18H,3-7,10-13,15H2,1-2H3,(H3,26,27,28,29,30,31). The molecule has 1 saturated carbocycles. The summed E-state index contributed by atoms with van der Waals surface area (Å²) in [4.78, 5) is 19.2. The minimum Gasteiger partial charge on any atom is -0.494 e. The number of hydrogen-bond donors (Lipinski definition) is 3. The highest BCUT2D eigenvalue weighted by Gasteiger charge is 2.23. The molecular formula is C25H35N7O3S. The fourth-order valence-corrected chi connectivity index (χ4v) is 6.51. The zero-order chi connectivity index (χ0) is 25.1. The summed E-state index contributed by atoms with van der Waals surface area (Å²) in [7, 11) is -1.29. The maximum absolute atomic E-state index is 11.6. The summed E-state index contributed by atoms with van der Waals surface area (Å²) in [5.74, 6) is 2.41. The van der Waals surface area contributed by atoms with Crippen LogP contribution in [0.2, 0.25) is 0 Å². The lowest BCUT2D eigenvalue weighted by molar-refractivity contribution is 0.415. The summed E-state index contributed by atoms with van der Waals surface area (Å²) in [6, 6.07) is 6.44. The first-order valence-electron chi connectivity index (χ1n) is 12.7. The molecule has 1 aliphatic heterocycles. The fourth-order valence-electron chi connectivity index (χ4n) is 5.32. The molecule has 3 aromatic rings. The monoisotopic (exact) mass is 513 g/mol. The average molecular weight is 514 g/mol. The van der Waals surface area contributed by atoms with Crippen LogP contribution in [0.3, 0.4) is 0 Å². The van der Waals surface area contributed by atoms with E-state index in [-0.39, 0.29) is 11.7 Å². The number of piperidine rings is 1. The number of sulfone groups is 1. The van der Waals surface area contributed by atoms with E-state index in [4.69, 9.17) is 9.72 Å². The van der Waals surface area contributed by atoms with Crippen molar-refractivity contribution in [3.63, 3.8) is 0 Å². The van der Waals surface area contributed by atoms with Gasteiger partial charge in [0.25, 0.3) is 0 Å². The smallest absolute Gasteiger partial charge is 0.231 e. The van der Waals surface area contributed by atoms with Crippen LogP contribution < -0.4 is 20.3 Å². The molecular weight excluding hydrogens is 478 g/mol. The molecule has 5 rings (SSSR count). The van der Waals surface area contributed by atoms with E-state index in [2.05, 4.69) is 36.6 Å². The number of imidazole rings is 1. The number of aromatic amines is 1. The SMILES string of the molecule is COc1cc(N2CCC(CS(C)(=O)=O)CC2)ccc1Nc1nc(NC2CCCCC2)c2[nH]cnc2n1. The number of ether oxygens (including phenoxy) is 1. The Bertz CT molecular complexity index is 1300. The molecule has 3 N–H and O–H groups in total. The summed E-state index contributed by atoms with van der Waals surface area (Å²) < 4.78 is 29.0. The van der Waals surface area contributed by atoms with Crippen molar-refractivity contribution >= 4 is 44.1 Å². The van der Waals surface area contributed by atoms with Gasteiger partial charge in [-0.15, -0.1) is 0 Å². The third-order valence-corrected chi connectivity index (χ3v) is 8.26. The van der Waals surface area contributed by atoms with Gasteiger partial charge in [-0.05, 0) is 43.7 Å². The van der Waals surface area contributed by atoms with Crippen LogP contribution in [0.5, 0.6) is 5.75 Å². The fraction of sp³-hybridized carbons (Fsp3) is 0.560. The van der Waals surface area contributed by atoms with Crippen LogP contribution in [-0.2, 0) is 9.84 Å². The van der Waals surface area contributed by atoms with Crippen LogP contribution in [0.15, 0.2) is 24.5 Å². The number of nitrogens with one attached hydrogen (secondary N) is 3. The van der Waals surface area contributed by atoms with E-state index < -0.39 is 9.84 Å². The Hall–Kier alpha value is -3.08. The first kappa shape index (κ1) is 24.6. The second kappa shape index (κ2) is 10.5. The van der Waals surface area contributed by atoms with Gasteiger partial charge in [0, 0.05) is 37.1 Å². The van der Waals surface area contributed by atoms with E-state index in [0.29, 0.717) is 23.4 Å². The van der Waals surface area contributed by atoms with Crippen LogP contribution in [0.25, 0.3) is 11.2 Å². The summed E-state index contributed by atoms with van der Waals surface area (Å²) in [6.07, 6.45) is 10.7. The lowest BCUT2D eigenvalue weighted by atomic mass is 9.95. The topological polar surface area (TPSA) is 125 Å². The van der Waals surface area contributed by atoms with Crippen molar-refractivity contribution in [1.29, 1.82) is 0 Å². The van der Waals surface area contributed by atoms with Gasteiger partial charge in [-0.1, -0.05) is 19.3 Å². The van der Waals surface area contributed by atoms with Crippen molar-refractivity contribution in [2.75, 3.05) is 47.7 Å². The molecule has 0 spiro atoms. The minimum absolute atomic E-state index is 0.226. The van der Waals surface area contributed by atoms with Crippen molar-refractivity contribution < 1.29 is 13.2 Å². The van der Waals surface area contributed by atoms with E-state index in [0.717, 1.165) is 61.5 Å². The molecule has 0 amide bonds. The number of fused-ring (bicyclic) bond motifs is 1. The summed E-state index contributed by atoms with van der Waals surface area (Å²) in [6.45, 7) is 1.65. The van der Waals surface area contributed by atoms with E-state index in [1.165, 1.54) is 25.5 Å². The molecule has 2 aromatic heterocycles. The zero-order valence-electron chi connectivity index (χ0n) is 21.0. The number of benzene rings is 1. The Labute approximate surface area is 212 Å². The third kappa shape index (κ3) is 5.83. The molecule has 1 aliphatic carbocycles.